The fourth-order valence-corrected chi connectivity index (χ4v) is 4.47. The van der Waals surface area contributed by atoms with Crippen molar-refractivity contribution >= 4 is 40.6 Å². The summed E-state index contributed by atoms with van der Waals surface area (Å²) in [4.78, 5) is 16.3. The molecule has 0 aromatic heterocycles. The summed E-state index contributed by atoms with van der Waals surface area (Å²) in [5.41, 5.74) is -1.20. The van der Waals surface area contributed by atoms with Crippen LogP contribution in [0.15, 0.2) is 72.8 Å². The van der Waals surface area contributed by atoms with E-state index in [0.29, 0.717) is 21.4 Å². The average molecular weight is 511 g/mol. The number of benzene rings is 3. The second-order valence-electron chi connectivity index (χ2n) is 7.67. The molecule has 1 fully saturated rings. The van der Waals surface area contributed by atoms with Gasteiger partial charge in [-0.05, 0) is 67.1 Å². The van der Waals surface area contributed by atoms with E-state index in [0.717, 1.165) is 17.0 Å². The molecule has 0 saturated carbocycles. The van der Waals surface area contributed by atoms with E-state index < -0.39 is 29.9 Å². The first-order valence-corrected chi connectivity index (χ1v) is 11.0. The number of amides is 2. The first-order chi connectivity index (χ1) is 16.0. The minimum atomic E-state index is -4.91. The van der Waals surface area contributed by atoms with Gasteiger partial charge in [0.2, 0.25) is 0 Å². The number of hydrogen-bond donors (Lipinski definition) is 1. The molecule has 1 heterocycles. The van der Waals surface area contributed by atoms with Gasteiger partial charge < -0.3 is 9.84 Å². The topological polar surface area (TPSA) is 53.0 Å². The molecule has 3 aromatic carbocycles. The van der Waals surface area contributed by atoms with E-state index in [1.165, 1.54) is 17.0 Å². The van der Waals surface area contributed by atoms with Crippen LogP contribution in [0.4, 0.5) is 29.3 Å². The molecule has 0 radical (unpaired) electrons. The van der Waals surface area contributed by atoms with Crippen molar-refractivity contribution < 1.29 is 27.8 Å². The summed E-state index contributed by atoms with van der Waals surface area (Å²) in [6, 6.07) is 16.3. The van der Waals surface area contributed by atoms with Gasteiger partial charge in [-0.2, -0.15) is 0 Å². The molecule has 3 aromatic rings. The number of alkyl halides is 3. The van der Waals surface area contributed by atoms with Gasteiger partial charge in [0, 0.05) is 27.0 Å². The number of nitrogens with zero attached hydrogens (tertiary/aromatic N) is 2. The number of ether oxygens (including phenoxy) is 1. The van der Waals surface area contributed by atoms with E-state index in [1.54, 1.807) is 55.5 Å². The maximum absolute atomic E-state index is 13.8. The first-order valence-electron chi connectivity index (χ1n) is 10.3. The maximum atomic E-state index is 13.8. The van der Waals surface area contributed by atoms with Crippen molar-refractivity contribution in [2.45, 2.75) is 31.5 Å². The molecule has 10 heteroatoms. The summed E-state index contributed by atoms with van der Waals surface area (Å²) >= 11 is 12.0. The monoisotopic (exact) mass is 510 g/mol. The molecule has 0 aliphatic carbocycles. The Kier molecular flexibility index (Phi) is 6.42. The zero-order valence-corrected chi connectivity index (χ0v) is 19.3. The minimum absolute atomic E-state index is 0.0564. The molecule has 2 atom stereocenters. The lowest BCUT2D eigenvalue weighted by Gasteiger charge is -2.37. The van der Waals surface area contributed by atoms with Crippen LogP contribution < -0.4 is 14.5 Å². The van der Waals surface area contributed by atoms with Gasteiger partial charge >= 0.3 is 12.4 Å². The lowest BCUT2D eigenvalue weighted by atomic mass is 9.91. The normalized spacial score (nSPS) is 20.7. The molecule has 34 heavy (non-hydrogen) atoms. The predicted molar refractivity (Wildman–Crippen MR) is 124 cm³/mol. The fraction of sp³-hybridized carbons (Fsp3) is 0.208. The van der Waals surface area contributed by atoms with Gasteiger partial charge in [-0.25, -0.2) is 4.79 Å². The molecule has 5 nitrogen and oxygen atoms in total. The Morgan fingerprint density at radius 1 is 0.971 bits per heavy atom. The van der Waals surface area contributed by atoms with Gasteiger partial charge in [-0.3, -0.25) is 9.80 Å². The standard InChI is InChI=1S/C24H19Cl2F3N2O3/c1-2-21-23(33,15-4-3-5-20(14-15)34-24(27,28)29)31(19-12-8-17(26)9-13-19)22(32)30(21)18-10-6-16(25)7-11-18/h3-14,21,33H,2H2,1H3. The number of carbonyl (C=O) groups excluding carboxylic acids is 1. The van der Waals surface area contributed by atoms with E-state index in [2.05, 4.69) is 4.74 Å². The summed E-state index contributed by atoms with van der Waals surface area (Å²) < 4.78 is 42.7. The number of halogens is 5. The molecule has 2 amide bonds. The second kappa shape index (κ2) is 9.02. The molecule has 1 aliphatic rings. The Bertz CT molecular complexity index is 1190. The van der Waals surface area contributed by atoms with Gasteiger partial charge in [0.25, 0.3) is 0 Å². The zero-order valence-electron chi connectivity index (χ0n) is 17.8. The summed E-state index contributed by atoms with van der Waals surface area (Å²) in [6.07, 6.45) is -4.64. The number of anilines is 2. The van der Waals surface area contributed by atoms with E-state index in [9.17, 15) is 23.1 Å². The third kappa shape index (κ3) is 4.41. The highest BCUT2D eigenvalue weighted by Gasteiger charge is 2.58. The van der Waals surface area contributed by atoms with Gasteiger partial charge in [0.05, 0.1) is 6.04 Å². The van der Waals surface area contributed by atoms with Crippen molar-refractivity contribution in [2.75, 3.05) is 9.80 Å². The Morgan fingerprint density at radius 2 is 1.53 bits per heavy atom. The van der Waals surface area contributed by atoms with Crippen molar-refractivity contribution in [3.05, 3.63) is 88.4 Å². The lowest BCUT2D eigenvalue weighted by Crippen LogP contribution is -2.49. The molecule has 2 unspecified atom stereocenters. The Balaban J connectivity index is 1.90. The van der Waals surface area contributed by atoms with Crippen LogP contribution in [0.2, 0.25) is 10.0 Å². The molecular formula is C24H19Cl2F3N2O3. The van der Waals surface area contributed by atoms with E-state index in [1.807, 2.05) is 0 Å². The third-order valence-electron chi connectivity index (χ3n) is 5.58. The van der Waals surface area contributed by atoms with Gasteiger partial charge in [0.15, 0.2) is 5.72 Å². The van der Waals surface area contributed by atoms with Crippen LogP contribution in [0.1, 0.15) is 18.9 Å². The second-order valence-corrected chi connectivity index (χ2v) is 8.54. The van der Waals surface area contributed by atoms with E-state index >= 15 is 0 Å². The number of carbonyl (C=O) groups is 1. The van der Waals surface area contributed by atoms with E-state index in [-0.39, 0.29) is 12.0 Å². The largest absolute Gasteiger partial charge is 0.573 e. The Labute approximate surface area is 203 Å². The van der Waals surface area contributed by atoms with Gasteiger partial charge in [-0.1, -0.05) is 42.3 Å². The zero-order chi connectivity index (χ0) is 24.7. The van der Waals surface area contributed by atoms with Crippen molar-refractivity contribution in [2.24, 2.45) is 0 Å². The molecule has 0 bridgehead atoms. The molecule has 0 spiro atoms. The van der Waals surface area contributed by atoms with Gasteiger partial charge in [0.1, 0.15) is 5.75 Å². The van der Waals surface area contributed by atoms with Crippen molar-refractivity contribution in [3.8, 4) is 5.75 Å². The van der Waals surface area contributed by atoms with Crippen molar-refractivity contribution in [1.29, 1.82) is 0 Å². The van der Waals surface area contributed by atoms with Crippen LogP contribution in [0.25, 0.3) is 0 Å². The Morgan fingerprint density at radius 3 is 2.06 bits per heavy atom. The number of urea groups is 1. The third-order valence-corrected chi connectivity index (χ3v) is 6.09. The summed E-state index contributed by atoms with van der Waals surface area (Å²) in [5, 5.41) is 13.0. The summed E-state index contributed by atoms with van der Waals surface area (Å²) in [7, 11) is 0. The van der Waals surface area contributed by atoms with Crippen LogP contribution >= 0.6 is 23.2 Å². The highest BCUT2D eigenvalue weighted by Crippen LogP contribution is 2.46. The molecule has 4 rings (SSSR count). The van der Waals surface area contributed by atoms with Gasteiger partial charge in [-0.15, -0.1) is 13.2 Å². The lowest BCUT2D eigenvalue weighted by molar-refractivity contribution is -0.274. The predicted octanol–water partition coefficient (Wildman–Crippen LogP) is 6.96. The highest BCUT2D eigenvalue weighted by molar-refractivity contribution is 6.31. The smallest absolute Gasteiger partial charge is 0.406 e. The van der Waals surface area contributed by atoms with Crippen LogP contribution in [0, 0.1) is 0 Å². The first kappa shape index (κ1) is 24.2. The molecular weight excluding hydrogens is 492 g/mol. The minimum Gasteiger partial charge on any atom is -0.406 e. The average Bonchev–Trinajstić information content (AvgIpc) is 3.01. The molecule has 1 saturated heterocycles. The maximum Gasteiger partial charge on any atom is 0.573 e. The van der Waals surface area contributed by atoms with E-state index in [4.69, 9.17) is 23.2 Å². The van der Waals surface area contributed by atoms with Crippen LogP contribution in [-0.4, -0.2) is 23.5 Å². The number of rotatable bonds is 5. The Hall–Kier alpha value is -2.94. The number of hydrogen-bond acceptors (Lipinski definition) is 3. The van der Waals surface area contributed by atoms with Crippen LogP contribution in [0.3, 0.4) is 0 Å². The molecule has 178 valence electrons. The number of aliphatic hydroxyl groups is 1. The fourth-order valence-electron chi connectivity index (χ4n) is 4.22. The molecule has 1 aliphatic heterocycles. The van der Waals surface area contributed by atoms with Crippen molar-refractivity contribution in [3.63, 3.8) is 0 Å². The summed E-state index contributed by atoms with van der Waals surface area (Å²) in [6.45, 7) is 1.77. The molecule has 1 N–H and O–H groups in total. The highest BCUT2D eigenvalue weighted by atomic mass is 35.5. The van der Waals surface area contributed by atoms with Crippen molar-refractivity contribution in [1.82, 2.24) is 0 Å². The summed E-state index contributed by atoms with van der Waals surface area (Å²) in [5.74, 6) is -0.512. The quantitative estimate of drug-likeness (QED) is 0.403. The SMILES string of the molecule is CCC1N(c2ccc(Cl)cc2)C(=O)N(c2ccc(Cl)cc2)C1(O)c1cccc(OC(F)(F)F)c1. The van der Waals surface area contributed by atoms with Crippen LogP contribution in [-0.2, 0) is 5.72 Å². The van der Waals surface area contributed by atoms with Crippen LogP contribution in [0.5, 0.6) is 5.75 Å².